The maximum absolute atomic E-state index is 6.72. The Morgan fingerprint density at radius 3 is 0.899 bits per heavy atom. The van der Waals surface area contributed by atoms with E-state index in [0.717, 1.165) is 118 Å². The molecule has 6 nitrogen and oxygen atoms in total. The zero-order valence-corrected chi connectivity index (χ0v) is 77.3. The summed E-state index contributed by atoms with van der Waals surface area (Å²) >= 11 is 0. The highest BCUT2D eigenvalue weighted by atomic mass is 16.3. The van der Waals surface area contributed by atoms with Crippen LogP contribution in [-0.4, -0.2) is 0 Å². The van der Waals surface area contributed by atoms with Crippen molar-refractivity contribution >= 4 is 220 Å². The van der Waals surface area contributed by atoms with Gasteiger partial charge in [0.2, 0.25) is 0 Å². The van der Waals surface area contributed by atoms with Gasteiger partial charge in [0, 0.05) is 89.2 Å². The summed E-state index contributed by atoms with van der Waals surface area (Å²) in [5.41, 5.74) is 29.7. The molecular weight excluding hydrogens is 1670 g/mol. The predicted octanol–water partition coefficient (Wildman–Crippen LogP) is 37.8. The van der Waals surface area contributed by atoms with E-state index >= 15 is 0 Å². The highest BCUT2D eigenvalue weighted by molar-refractivity contribution is 6.34. The average Bonchev–Trinajstić information content (AvgIpc) is 1.01. The molecule has 0 amide bonds. The quantitative estimate of drug-likeness (QED) is 0.114. The molecule has 0 saturated carbocycles. The number of hydrogen-bond acceptors (Lipinski definition) is 6. The molecule has 138 heavy (non-hydrogen) atoms. The standard InChI is InChI=1S/C66H40N2O2.C66H52N2/c1-3-15-43-37-46(30-27-41(43)13-1)67(60-23-11-21-57-53-18-7-9-25-62(53)69-65(57)60)48-32-35-50-45(39-48)29-34-56-52-36-33-49(40-59(52)51-17-5-6-20-55(51)64(50)56)68(47-31-28-42-14-2-4-16-44(42)38-47)61-24-12-22-58-54-19-8-10-26-63(54)70-66(58)61;1-41-19-24-44(25-20-41)67(48-30-35-55-53-14-9-11-17-60(53)65(3,4)62(55)39-48)46-28-33-50-43(37-46)23-32-58-52-34-29-47(38-59(52)51-13-7-8-16-57(51)64(50)58)68(45-26-21-42(2)22-27-45)49-31-36-56-54-15-10-12-18-61(54)66(5,6)63(56)40-49/h1-40H;7-40H,1-6H3. The van der Waals surface area contributed by atoms with Crippen LogP contribution in [0.15, 0.2) is 458 Å². The van der Waals surface area contributed by atoms with Crippen molar-refractivity contribution in [2.24, 2.45) is 0 Å². The molecule has 0 saturated heterocycles. The number of nitrogens with zero attached hydrogens (tertiary/aromatic N) is 4. The Hall–Kier alpha value is -17.3. The minimum absolute atomic E-state index is 0.0985. The second kappa shape index (κ2) is 31.1. The van der Waals surface area contributed by atoms with E-state index < -0.39 is 0 Å². The molecule has 0 spiro atoms. The second-order valence-electron chi connectivity index (χ2n) is 38.7. The van der Waals surface area contributed by atoms with Gasteiger partial charge in [0.25, 0.3) is 0 Å². The third-order valence-corrected chi connectivity index (χ3v) is 30.1. The molecule has 0 radical (unpaired) electrons. The Bertz CT molecular complexity index is 9560. The van der Waals surface area contributed by atoms with Crippen LogP contribution in [0.25, 0.3) is 174 Å². The summed E-state index contributed by atoms with van der Waals surface area (Å²) in [5.74, 6) is 0. The van der Waals surface area contributed by atoms with Crippen LogP contribution in [-0.2, 0) is 10.8 Å². The highest BCUT2D eigenvalue weighted by Crippen LogP contribution is 2.56. The molecule has 652 valence electrons. The molecule has 28 rings (SSSR count). The van der Waals surface area contributed by atoms with Crippen molar-refractivity contribution in [2.45, 2.75) is 52.4 Å². The molecule has 2 heterocycles. The van der Waals surface area contributed by atoms with Crippen molar-refractivity contribution in [1.29, 1.82) is 0 Å². The number of para-hydroxylation sites is 4. The van der Waals surface area contributed by atoms with Crippen molar-refractivity contribution in [2.75, 3.05) is 19.6 Å². The van der Waals surface area contributed by atoms with Crippen LogP contribution in [0.3, 0.4) is 0 Å². The fourth-order valence-electron chi connectivity index (χ4n) is 23.3. The van der Waals surface area contributed by atoms with Crippen molar-refractivity contribution in [1.82, 2.24) is 0 Å². The van der Waals surface area contributed by atoms with E-state index in [1.807, 2.05) is 12.1 Å². The minimum atomic E-state index is -0.103. The number of aryl methyl sites for hydroxylation is 2. The molecule has 0 atom stereocenters. The van der Waals surface area contributed by atoms with Crippen LogP contribution >= 0.6 is 0 Å². The lowest BCUT2D eigenvalue weighted by atomic mass is 9.82. The number of benzene rings is 24. The first kappa shape index (κ1) is 80.3. The van der Waals surface area contributed by atoms with E-state index in [1.54, 1.807) is 0 Å². The number of hydrogen-bond donors (Lipinski definition) is 0. The van der Waals surface area contributed by atoms with Crippen LogP contribution in [0.5, 0.6) is 0 Å². The van der Waals surface area contributed by atoms with Crippen molar-refractivity contribution in [3.63, 3.8) is 0 Å². The Labute approximate surface area is 799 Å². The first-order chi connectivity index (χ1) is 67.7. The molecular formula is C132H92N4O2. The van der Waals surface area contributed by atoms with Gasteiger partial charge in [0.1, 0.15) is 11.2 Å². The lowest BCUT2D eigenvalue weighted by Crippen LogP contribution is -2.16. The van der Waals surface area contributed by atoms with Crippen LogP contribution in [0.2, 0.25) is 0 Å². The SMILES string of the molecule is Cc1ccc(N(c2ccc3c(c2)C(C)(C)c2ccccc2-3)c2ccc3c(ccc4c5ccc(N(c6ccc(C)cc6)c6ccc7c(c6)C(C)(C)c6ccccc6-7)cc5c5ccccc5c34)c2)cc1.c1ccc2cc(N(c3ccc4c(ccc5c6ccc(N(c7ccc8ccccc8c7)c7cccc8c7oc7ccccc78)cc6c6ccccc6c45)c3)c3cccc4c3oc3ccccc34)ccc2c1. The molecule has 0 N–H and O–H groups in total. The fourth-order valence-corrected chi connectivity index (χ4v) is 23.3. The van der Waals surface area contributed by atoms with Gasteiger partial charge in [-0.25, -0.2) is 0 Å². The molecule has 6 heteroatoms. The van der Waals surface area contributed by atoms with Crippen LogP contribution < -0.4 is 19.6 Å². The van der Waals surface area contributed by atoms with E-state index in [9.17, 15) is 0 Å². The van der Waals surface area contributed by atoms with Crippen molar-refractivity contribution in [3.05, 3.63) is 482 Å². The van der Waals surface area contributed by atoms with Gasteiger partial charge in [0.05, 0.1) is 11.4 Å². The lowest BCUT2D eigenvalue weighted by molar-refractivity contribution is 0.660. The fraction of sp³-hybridized carbons (Fsp3) is 0.0606. The molecule has 24 aromatic carbocycles. The van der Waals surface area contributed by atoms with Gasteiger partial charge in [-0.3, -0.25) is 0 Å². The molecule has 2 aliphatic rings. The second-order valence-corrected chi connectivity index (χ2v) is 38.7. The summed E-state index contributed by atoms with van der Waals surface area (Å²) in [4.78, 5) is 9.60. The van der Waals surface area contributed by atoms with E-state index in [-0.39, 0.29) is 10.8 Å². The van der Waals surface area contributed by atoms with E-state index in [4.69, 9.17) is 8.83 Å². The molecule has 2 aromatic heterocycles. The lowest BCUT2D eigenvalue weighted by Gasteiger charge is -2.29. The predicted molar refractivity (Wildman–Crippen MR) is 586 cm³/mol. The third-order valence-electron chi connectivity index (χ3n) is 30.1. The Kier molecular flexibility index (Phi) is 18.1. The topological polar surface area (TPSA) is 39.2 Å². The van der Waals surface area contributed by atoms with Gasteiger partial charge < -0.3 is 28.4 Å². The van der Waals surface area contributed by atoms with Gasteiger partial charge in [-0.1, -0.05) is 342 Å². The van der Waals surface area contributed by atoms with E-state index in [2.05, 4.69) is 498 Å². The summed E-state index contributed by atoms with van der Waals surface area (Å²) in [6.45, 7) is 13.8. The van der Waals surface area contributed by atoms with Crippen LogP contribution in [0, 0.1) is 13.8 Å². The summed E-state index contributed by atoms with van der Waals surface area (Å²) in [5, 5.41) is 28.9. The zero-order chi connectivity index (χ0) is 91.9. The van der Waals surface area contributed by atoms with E-state index in [0.29, 0.717) is 0 Å². The molecule has 0 bridgehead atoms. The van der Waals surface area contributed by atoms with Crippen LogP contribution in [0.1, 0.15) is 61.1 Å². The maximum atomic E-state index is 6.72. The minimum Gasteiger partial charge on any atom is -0.454 e. The molecule has 0 fully saturated rings. The van der Waals surface area contributed by atoms with Crippen molar-refractivity contribution < 1.29 is 8.83 Å². The highest BCUT2D eigenvalue weighted by Gasteiger charge is 2.38. The monoisotopic (exact) mass is 1760 g/mol. The molecule has 0 unspecified atom stereocenters. The first-order valence-corrected chi connectivity index (χ1v) is 48.0. The van der Waals surface area contributed by atoms with Gasteiger partial charge in [0.15, 0.2) is 11.2 Å². The normalized spacial score (nSPS) is 13.0. The molecule has 26 aromatic rings. The van der Waals surface area contributed by atoms with Gasteiger partial charge >= 0.3 is 0 Å². The summed E-state index contributed by atoms with van der Waals surface area (Å²) in [6.07, 6.45) is 0. The Morgan fingerprint density at radius 1 is 0.174 bits per heavy atom. The summed E-state index contributed by atoms with van der Waals surface area (Å²) in [6, 6.07) is 165. The smallest absolute Gasteiger partial charge is 0.159 e. The molecule has 0 aliphatic heterocycles. The molecule has 2 aliphatic carbocycles. The summed E-state index contributed by atoms with van der Waals surface area (Å²) < 4.78 is 13.4. The largest absolute Gasteiger partial charge is 0.454 e. The third kappa shape index (κ3) is 12.6. The number of rotatable bonds is 12. The Morgan fingerprint density at radius 2 is 0.457 bits per heavy atom. The van der Waals surface area contributed by atoms with Crippen molar-refractivity contribution in [3.8, 4) is 22.3 Å². The number of furan rings is 2. The number of anilines is 12. The average molecular weight is 1770 g/mol. The van der Waals surface area contributed by atoms with Gasteiger partial charge in [-0.05, 0) is 312 Å². The maximum Gasteiger partial charge on any atom is 0.159 e. The van der Waals surface area contributed by atoms with Gasteiger partial charge in [-0.15, -0.1) is 0 Å². The van der Waals surface area contributed by atoms with Gasteiger partial charge in [-0.2, -0.15) is 0 Å². The first-order valence-electron chi connectivity index (χ1n) is 48.0. The van der Waals surface area contributed by atoms with E-state index in [1.165, 1.54) is 158 Å². The zero-order valence-electron chi connectivity index (χ0n) is 77.3. The summed E-state index contributed by atoms with van der Waals surface area (Å²) in [7, 11) is 0. The Balaban J connectivity index is 0.000000139. The number of fused-ring (bicyclic) bond motifs is 30. The van der Waals surface area contributed by atoms with Crippen LogP contribution in [0.4, 0.5) is 68.2 Å².